The molecular weight excluding hydrogens is 518 g/mol. The summed E-state index contributed by atoms with van der Waals surface area (Å²) in [5.41, 5.74) is 0.855. The zero-order valence-electron chi connectivity index (χ0n) is 22.4. The summed E-state index contributed by atoms with van der Waals surface area (Å²) in [5, 5.41) is 12.4. The Labute approximate surface area is 229 Å². The molecule has 9 rings (SSSR count). The number of benzene rings is 2. The van der Waals surface area contributed by atoms with Gasteiger partial charge < -0.3 is 19.3 Å². The van der Waals surface area contributed by atoms with Crippen LogP contribution in [0.15, 0.2) is 41.3 Å². The first-order valence-electron chi connectivity index (χ1n) is 14.2. The lowest BCUT2D eigenvalue weighted by atomic mass is 9.44. The standard InChI is InChI=1S/C30H35NO7S/c1-18-3-8-21(9-4-18)39(33,34)36-17-24-29(32)11-12-30(38-24)23-15-20-7-10-22(35-2)26-25(20)28(30,27(29)37-26)13-14-31(23)16-19-5-6-19/h3-4,7-10,19,23-24,27,32H,5-6,11-17H2,1-2H3/t23-,24-,27-,28+,29-,30-/m1/s1. The molecule has 39 heavy (non-hydrogen) atoms. The largest absolute Gasteiger partial charge is 0.493 e. The van der Waals surface area contributed by atoms with E-state index in [1.807, 2.05) is 13.0 Å². The van der Waals surface area contributed by atoms with Gasteiger partial charge in [-0.2, -0.15) is 8.42 Å². The molecule has 2 saturated carbocycles. The topological polar surface area (TPSA) is 94.5 Å². The van der Waals surface area contributed by atoms with Crippen molar-refractivity contribution in [2.75, 3.05) is 26.8 Å². The average Bonchev–Trinajstić information content (AvgIpc) is 3.66. The van der Waals surface area contributed by atoms with Crippen molar-refractivity contribution in [1.29, 1.82) is 0 Å². The first kappa shape index (κ1) is 24.6. The quantitative estimate of drug-likeness (QED) is 0.523. The Bertz CT molecular complexity index is 1460. The van der Waals surface area contributed by atoms with Crippen molar-refractivity contribution in [3.8, 4) is 11.5 Å². The molecule has 4 heterocycles. The fourth-order valence-electron chi connectivity index (χ4n) is 8.68. The van der Waals surface area contributed by atoms with Crippen LogP contribution in [0.4, 0.5) is 0 Å². The average molecular weight is 554 g/mol. The molecule has 6 atom stereocenters. The minimum Gasteiger partial charge on any atom is -0.493 e. The molecule has 4 aliphatic heterocycles. The Kier molecular flexibility index (Phi) is 5.03. The number of hydrogen-bond donors (Lipinski definition) is 1. The maximum Gasteiger partial charge on any atom is 0.297 e. The number of piperidine rings is 1. The molecule has 0 amide bonds. The summed E-state index contributed by atoms with van der Waals surface area (Å²) < 4.78 is 51.3. The Morgan fingerprint density at radius 3 is 2.64 bits per heavy atom. The highest BCUT2D eigenvalue weighted by Crippen LogP contribution is 2.71. The van der Waals surface area contributed by atoms with Gasteiger partial charge in [-0.1, -0.05) is 23.8 Å². The van der Waals surface area contributed by atoms with E-state index in [2.05, 4.69) is 11.0 Å². The van der Waals surface area contributed by atoms with Crippen molar-refractivity contribution < 1.29 is 31.9 Å². The SMILES string of the molecule is COc1ccc2c3c1O[C@H]1[C@@]4(O)CC[C@@]5(O[C@@H]4COS(=O)(=O)c4ccc(C)cc4)[C@@H](C2)N(CC2CC2)CC[C@]315. The van der Waals surface area contributed by atoms with Crippen LogP contribution in [0.25, 0.3) is 0 Å². The summed E-state index contributed by atoms with van der Waals surface area (Å²) in [4.78, 5) is 2.71. The summed E-state index contributed by atoms with van der Waals surface area (Å²) in [5.74, 6) is 2.13. The van der Waals surface area contributed by atoms with Crippen LogP contribution in [0.2, 0.25) is 0 Å². The molecule has 3 aliphatic carbocycles. The summed E-state index contributed by atoms with van der Waals surface area (Å²) in [6, 6.07) is 10.9. The molecule has 2 aromatic carbocycles. The third-order valence-corrected chi connectivity index (χ3v) is 11.9. The maximum absolute atomic E-state index is 13.1. The second kappa shape index (κ2) is 7.97. The van der Waals surface area contributed by atoms with Crippen LogP contribution in [-0.4, -0.2) is 74.7 Å². The van der Waals surface area contributed by atoms with E-state index < -0.39 is 38.9 Å². The number of hydrogen-bond acceptors (Lipinski definition) is 8. The van der Waals surface area contributed by atoms with Crippen molar-refractivity contribution in [3.63, 3.8) is 0 Å². The Hall–Kier alpha value is -2.17. The van der Waals surface area contributed by atoms with Gasteiger partial charge in [0.05, 0.1) is 29.6 Å². The van der Waals surface area contributed by atoms with Gasteiger partial charge in [0.25, 0.3) is 10.1 Å². The van der Waals surface area contributed by atoms with Gasteiger partial charge in [-0.15, -0.1) is 0 Å². The van der Waals surface area contributed by atoms with Crippen LogP contribution >= 0.6 is 0 Å². The minimum absolute atomic E-state index is 0.0970. The Morgan fingerprint density at radius 1 is 1.10 bits per heavy atom. The lowest BCUT2D eigenvalue weighted by Gasteiger charge is -2.72. The molecule has 2 spiro atoms. The lowest BCUT2D eigenvalue weighted by Crippen LogP contribution is -2.86. The molecule has 7 aliphatic rings. The van der Waals surface area contributed by atoms with E-state index in [0.717, 1.165) is 48.7 Å². The smallest absolute Gasteiger partial charge is 0.297 e. The fraction of sp³-hybridized carbons (Fsp3) is 0.600. The van der Waals surface area contributed by atoms with Gasteiger partial charge in [0, 0.05) is 18.2 Å². The molecule has 5 fully saturated rings. The van der Waals surface area contributed by atoms with Gasteiger partial charge in [0.2, 0.25) is 0 Å². The summed E-state index contributed by atoms with van der Waals surface area (Å²) in [6.45, 7) is 3.63. The highest BCUT2D eigenvalue weighted by molar-refractivity contribution is 7.86. The molecule has 0 aromatic heterocycles. The molecule has 0 unspecified atom stereocenters. The number of likely N-dealkylation sites (tertiary alicyclic amines) is 1. The van der Waals surface area contributed by atoms with Gasteiger partial charge >= 0.3 is 0 Å². The lowest BCUT2D eigenvalue weighted by molar-refractivity contribution is -0.357. The van der Waals surface area contributed by atoms with E-state index in [0.29, 0.717) is 18.6 Å². The Morgan fingerprint density at radius 2 is 1.90 bits per heavy atom. The number of ether oxygens (including phenoxy) is 3. The monoisotopic (exact) mass is 553 g/mol. The Balaban J connectivity index is 1.21. The van der Waals surface area contributed by atoms with Crippen LogP contribution in [0.5, 0.6) is 11.5 Å². The normalized spacial score (nSPS) is 37.9. The van der Waals surface area contributed by atoms with Gasteiger partial charge in [-0.25, -0.2) is 0 Å². The van der Waals surface area contributed by atoms with Crippen LogP contribution in [-0.2, 0) is 30.9 Å². The number of aryl methyl sites for hydroxylation is 1. The number of rotatable bonds is 7. The molecule has 9 heteroatoms. The molecule has 3 saturated heterocycles. The van der Waals surface area contributed by atoms with E-state index in [1.165, 1.54) is 18.4 Å². The van der Waals surface area contributed by atoms with Crippen molar-refractivity contribution in [1.82, 2.24) is 4.90 Å². The summed E-state index contributed by atoms with van der Waals surface area (Å²) in [6.07, 6.45) is 3.99. The minimum atomic E-state index is -4.02. The molecule has 1 N–H and O–H groups in total. The van der Waals surface area contributed by atoms with Crippen LogP contribution < -0.4 is 9.47 Å². The maximum atomic E-state index is 13.1. The van der Waals surface area contributed by atoms with Crippen molar-refractivity contribution in [3.05, 3.63) is 53.1 Å². The number of fused-ring (bicyclic) bond motifs is 2. The second-order valence-corrected chi connectivity index (χ2v) is 14.2. The van der Waals surface area contributed by atoms with Gasteiger partial charge in [0.1, 0.15) is 17.8 Å². The zero-order valence-corrected chi connectivity index (χ0v) is 23.2. The molecular formula is C30H35NO7S. The molecule has 0 radical (unpaired) electrons. The predicted octanol–water partition coefficient (Wildman–Crippen LogP) is 3.11. The third kappa shape index (κ3) is 3.11. The van der Waals surface area contributed by atoms with E-state index in [-0.39, 0.29) is 17.5 Å². The second-order valence-electron chi connectivity index (χ2n) is 12.5. The van der Waals surface area contributed by atoms with Crippen molar-refractivity contribution >= 4 is 10.1 Å². The summed E-state index contributed by atoms with van der Waals surface area (Å²) >= 11 is 0. The molecule has 8 nitrogen and oxygen atoms in total. The first-order chi connectivity index (χ1) is 18.7. The fourth-order valence-corrected chi connectivity index (χ4v) is 9.59. The van der Waals surface area contributed by atoms with Crippen LogP contribution in [0.1, 0.15) is 48.8 Å². The molecule has 208 valence electrons. The molecule has 2 aromatic rings. The van der Waals surface area contributed by atoms with E-state index in [4.69, 9.17) is 18.4 Å². The predicted molar refractivity (Wildman–Crippen MR) is 142 cm³/mol. The van der Waals surface area contributed by atoms with Crippen molar-refractivity contribution in [2.45, 2.75) is 85.2 Å². The van der Waals surface area contributed by atoms with E-state index in [9.17, 15) is 13.5 Å². The first-order valence-corrected chi connectivity index (χ1v) is 15.6. The van der Waals surface area contributed by atoms with Crippen molar-refractivity contribution in [2.24, 2.45) is 5.92 Å². The summed E-state index contributed by atoms with van der Waals surface area (Å²) in [7, 11) is -2.38. The van der Waals surface area contributed by atoms with Gasteiger partial charge in [-0.05, 0) is 81.7 Å². The number of nitrogens with zero attached hydrogens (tertiary/aromatic N) is 1. The highest BCUT2D eigenvalue weighted by Gasteiger charge is 2.81. The van der Waals surface area contributed by atoms with Crippen LogP contribution in [0.3, 0.4) is 0 Å². The number of methoxy groups -OCH3 is 1. The molecule has 4 bridgehead atoms. The van der Waals surface area contributed by atoms with E-state index >= 15 is 0 Å². The van der Waals surface area contributed by atoms with E-state index in [1.54, 1.807) is 31.4 Å². The third-order valence-electron chi connectivity index (χ3n) is 10.6. The highest BCUT2D eigenvalue weighted by atomic mass is 32.2. The van der Waals surface area contributed by atoms with Crippen LogP contribution in [0, 0.1) is 12.8 Å². The van der Waals surface area contributed by atoms with Gasteiger partial charge in [0.15, 0.2) is 11.5 Å². The van der Waals surface area contributed by atoms with Gasteiger partial charge in [-0.3, -0.25) is 9.08 Å². The number of aliphatic hydroxyl groups is 1. The zero-order chi connectivity index (χ0) is 26.8.